The number of rotatable bonds is 6. The molecule has 116 valence electrons. The van der Waals surface area contributed by atoms with Gasteiger partial charge in [0.1, 0.15) is 0 Å². The minimum absolute atomic E-state index is 0.253. The Kier molecular flexibility index (Phi) is 5.62. The zero-order valence-electron chi connectivity index (χ0n) is 13.5. The van der Waals surface area contributed by atoms with E-state index >= 15 is 0 Å². The van der Waals surface area contributed by atoms with E-state index in [2.05, 4.69) is 60.7 Å². The van der Waals surface area contributed by atoms with Crippen LogP contribution in [0.4, 0.5) is 0 Å². The molecule has 1 fully saturated rings. The van der Waals surface area contributed by atoms with Crippen LogP contribution >= 0.6 is 0 Å². The SMILES string of the molecule is CCN=C(NC(C)COC)NC1CC1c1ccccc1C. The van der Waals surface area contributed by atoms with Crippen molar-refractivity contribution in [1.29, 1.82) is 0 Å². The van der Waals surface area contributed by atoms with Gasteiger partial charge in [0.2, 0.25) is 0 Å². The van der Waals surface area contributed by atoms with Crippen LogP contribution in [-0.2, 0) is 4.74 Å². The largest absolute Gasteiger partial charge is 0.383 e. The Morgan fingerprint density at radius 3 is 2.86 bits per heavy atom. The Balaban J connectivity index is 1.92. The van der Waals surface area contributed by atoms with E-state index in [1.54, 1.807) is 7.11 Å². The lowest BCUT2D eigenvalue weighted by atomic mass is 10.0. The van der Waals surface area contributed by atoms with Crippen molar-refractivity contribution in [2.24, 2.45) is 4.99 Å². The molecular formula is C17H27N3O. The predicted octanol–water partition coefficient (Wildman–Crippen LogP) is 2.44. The smallest absolute Gasteiger partial charge is 0.191 e. The molecule has 0 radical (unpaired) electrons. The molecule has 3 atom stereocenters. The van der Waals surface area contributed by atoms with Gasteiger partial charge in [-0.15, -0.1) is 0 Å². The van der Waals surface area contributed by atoms with E-state index in [9.17, 15) is 0 Å². The maximum Gasteiger partial charge on any atom is 0.191 e. The molecule has 4 heteroatoms. The van der Waals surface area contributed by atoms with Gasteiger partial charge in [-0.1, -0.05) is 24.3 Å². The molecule has 0 saturated heterocycles. The van der Waals surface area contributed by atoms with Crippen LogP contribution in [0.2, 0.25) is 0 Å². The third kappa shape index (κ3) is 4.46. The van der Waals surface area contributed by atoms with Crippen molar-refractivity contribution < 1.29 is 4.74 Å². The molecule has 1 aliphatic carbocycles. The fourth-order valence-corrected chi connectivity index (χ4v) is 2.69. The summed E-state index contributed by atoms with van der Waals surface area (Å²) in [4.78, 5) is 4.52. The molecule has 1 aliphatic rings. The second kappa shape index (κ2) is 7.46. The first-order valence-corrected chi connectivity index (χ1v) is 7.77. The van der Waals surface area contributed by atoms with E-state index in [1.807, 2.05) is 0 Å². The third-order valence-electron chi connectivity index (χ3n) is 3.82. The maximum absolute atomic E-state index is 5.16. The molecule has 0 amide bonds. The van der Waals surface area contributed by atoms with E-state index in [4.69, 9.17) is 4.74 Å². The van der Waals surface area contributed by atoms with Crippen LogP contribution < -0.4 is 10.6 Å². The molecule has 3 unspecified atom stereocenters. The highest BCUT2D eigenvalue weighted by molar-refractivity contribution is 5.81. The van der Waals surface area contributed by atoms with Crippen LogP contribution in [0.5, 0.6) is 0 Å². The van der Waals surface area contributed by atoms with Crippen molar-refractivity contribution in [1.82, 2.24) is 10.6 Å². The first kappa shape index (κ1) is 15.8. The van der Waals surface area contributed by atoms with Gasteiger partial charge in [0, 0.05) is 31.7 Å². The molecule has 2 N–H and O–H groups in total. The fourth-order valence-electron chi connectivity index (χ4n) is 2.69. The van der Waals surface area contributed by atoms with Crippen LogP contribution in [0.3, 0.4) is 0 Å². The van der Waals surface area contributed by atoms with Crippen molar-refractivity contribution in [2.75, 3.05) is 20.3 Å². The van der Waals surface area contributed by atoms with Crippen molar-refractivity contribution in [3.05, 3.63) is 35.4 Å². The molecular weight excluding hydrogens is 262 g/mol. The first-order valence-electron chi connectivity index (χ1n) is 7.77. The van der Waals surface area contributed by atoms with Crippen LogP contribution in [0.25, 0.3) is 0 Å². The Morgan fingerprint density at radius 1 is 1.43 bits per heavy atom. The number of aryl methyl sites for hydroxylation is 1. The van der Waals surface area contributed by atoms with Gasteiger partial charge < -0.3 is 15.4 Å². The highest BCUT2D eigenvalue weighted by atomic mass is 16.5. The summed E-state index contributed by atoms with van der Waals surface area (Å²) in [6.07, 6.45) is 1.17. The average molecular weight is 289 g/mol. The van der Waals surface area contributed by atoms with Crippen LogP contribution in [0.1, 0.15) is 37.3 Å². The molecule has 21 heavy (non-hydrogen) atoms. The number of benzene rings is 1. The Bertz CT molecular complexity index is 487. The number of ether oxygens (including phenoxy) is 1. The van der Waals surface area contributed by atoms with Gasteiger partial charge in [-0.05, 0) is 38.3 Å². The third-order valence-corrected chi connectivity index (χ3v) is 3.82. The van der Waals surface area contributed by atoms with Crippen LogP contribution in [0.15, 0.2) is 29.3 Å². The van der Waals surface area contributed by atoms with Crippen LogP contribution in [0, 0.1) is 6.92 Å². The van der Waals surface area contributed by atoms with Gasteiger partial charge >= 0.3 is 0 Å². The molecule has 1 aromatic carbocycles. The number of aliphatic imine (C=N–C) groups is 1. The summed E-state index contributed by atoms with van der Waals surface area (Å²) < 4.78 is 5.16. The van der Waals surface area contributed by atoms with E-state index in [1.165, 1.54) is 17.5 Å². The molecule has 1 aromatic rings. The number of hydrogen-bond donors (Lipinski definition) is 2. The monoisotopic (exact) mass is 289 g/mol. The Hall–Kier alpha value is -1.55. The zero-order chi connectivity index (χ0) is 15.2. The van der Waals surface area contributed by atoms with Crippen LogP contribution in [-0.4, -0.2) is 38.3 Å². The zero-order valence-corrected chi connectivity index (χ0v) is 13.5. The summed E-state index contributed by atoms with van der Waals surface area (Å²) >= 11 is 0. The van der Waals surface area contributed by atoms with Crippen molar-refractivity contribution in [3.8, 4) is 0 Å². The second-order valence-corrected chi connectivity index (χ2v) is 5.77. The highest BCUT2D eigenvalue weighted by Crippen LogP contribution is 2.41. The number of nitrogens with zero attached hydrogens (tertiary/aromatic N) is 1. The predicted molar refractivity (Wildman–Crippen MR) is 87.9 cm³/mol. The molecule has 0 spiro atoms. The number of methoxy groups -OCH3 is 1. The Labute approximate surface area is 128 Å². The summed E-state index contributed by atoms with van der Waals surface area (Å²) in [7, 11) is 1.72. The molecule has 0 aromatic heterocycles. The summed E-state index contributed by atoms with van der Waals surface area (Å²) in [6, 6.07) is 9.38. The molecule has 0 heterocycles. The molecule has 1 saturated carbocycles. The molecule has 4 nitrogen and oxygen atoms in total. The summed E-state index contributed by atoms with van der Waals surface area (Å²) in [5.74, 6) is 1.50. The first-order chi connectivity index (χ1) is 10.2. The summed E-state index contributed by atoms with van der Waals surface area (Å²) in [5.41, 5.74) is 2.83. The van der Waals surface area contributed by atoms with Gasteiger partial charge in [0.15, 0.2) is 5.96 Å². The second-order valence-electron chi connectivity index (χ2n) is 5.77. The number of guanidine groups is 1. The lowest BCUT2D eigenvalue weighted by Crippen LogP contribution is -2.45. The van der Waals surface area contributed by atoms with Gasteiger partial charge in [-0.25, -0.2) is 0 Å². The van der Waals surface area contributed by atoms with Gasteiger partial charge in [0.05, 0.1) is 6.61 Å². The lowest BCUT2D eigenvalue weighted by Gasteiger charge is -2.17. The minimum atomic E-state index is 0.253. The summed E-state index contributed by atoms with van der Waals surface area (Å²) in [6.45, 7) is 7.79. The van der Waals surface area contributed by atoms with Gasteiger partial charge in [-0.3, -0.25) is 4.99 Å². The van der Waals surface area contributed by atoms with Crippen molar-refractivity contribution in [3.63, 3.8) is 0 Å². The highest BCUT2D eigenvalue weighted by Gasteiger charge is 2.39. The normalized spacial score (nSPS) is 22.8. The number of nitrogens with one attached hydrogen (secondary N) is 2. The van der Waals surface area contributed by atoms with E-state index < -0.39 is 0 Å². The molecule has 0 aliphatic heterocycles. The van der Waals surface area contributed by atoms with Crippen molar-refractivity contribution in [2.45, 2.75) is 45.2 Å². The lowest BCUT2D eigenvalue weighted by molar-refractivity contribution is 0.179. The van der Waals surface area contributed by atoms with E-state index in [0.717, 1.165) is 12.5 Å². The quantitative estimate of drug-likeness (QED) is 0.624. The standard InChI is InChI=1S/C17H27N3O/c1-5-18-17(19-13(3)11-21-4)20-16-10-15(16)14-9-7-6-8-12(14)2/h6-9,13,15-16H,5,10-11H2,1-4H3,(H2,18,19,20). The van der Waals surface area contributed by atoms with Gasteiger partial charge in [-0.2, -0.15) is 0 Å². The van der Waals surface area contributed by atoms with Gasteiger partial charge in [0.25, 0.3) is 0 Å². The maximum atomic E-state index is 5.16. The van der Waals surface area contributed by atoms with E-state index in [0.29, 0.717) is 18.6 Å². The van der Waals surface area contributed by atoms with Crippen molar-refractivity contribution >= 4 is 5.96 Å². The van der Waals surface area contributed by atoms with E-state index in [-0.39, 0.29) is 6.04 Å². The fraction of sp³-hybridized carbons (Fsp3) is 0.588. The average Bonchev–Trinajstić information content (AvgIpc) is 3.18. The topological polar surface area (TPSA) is 45.7 Å². The number of hydrogen-bond acceptors (Lipinski definition) is 2. The molecule has 0 bridgehead atoms. The summed E-state index contributed by atoms with van der Waals surface area (Å²) in [5, 5.41) is 6.93. The minimum Gasteiger partial charge on any atom is -0.383 e. The Morgan fingerprint density at radius 2 is 2.19 bits per heavy atom. The molecule has 2 rings (SSSR count).